The number of aliphatic hydroxyl groups is 1. The van der Waals surface area contributed by atoms with Crippen LogP contribution in [-0.4, -0.2) is 89.2 Å². The summed E-state index contributed by atoms with van der Waals surface area (Å²) >= 11 is 0. The van der Waals surface area contributed by atoms with Crippen LogP contribution < -0.4 is 5.32 Å². The molecule has 0 aromatic rings. The van der Waals surface area contributed by atoms with Gasteiger partial charge in [-0.05, 0) is 33.1 Å². The Morgan fingerprint density at radius 2 is 1.24 bits per heavy atom. The van der Waals surface area contributed by atoms with Crippen molar-refractivity contribution in [2.75, 3.05) is 72.6 Å². The molecule has 0 saturated carbocycles. The van der Waals surface area contributed by atoms with Crippen LogP contribution in [0.4, 0.5) is 0 Å². The number of aliphatic hydroxyl groups excluding tert-OH is 1. The second kappa shape index (κ2) is 21.9. The van der Waals surface area contributed by atoms with E-state index in [0.717, 1.165) is 13.0 Å². The molecule has 1 amide bonds. The van der Waals surface area contributed by atoms with E-state index in [0.29, 0.717) is 65.4 Å². The Balaban J connectivity index is 0. The summed E-state index contributed by atoms with van der Waals surface area (Å²) in [6.07, 6.45) is 1.07. The lowest BCUT2D eigenvalue weighted by Crippen LogP contribution is -2.22. The van der Waals surface area contributed by atoms with Crippen molar-refractivity contribution in [3.8, 4) is 0 Å². The van der Waals surface area contributed by atoms with Gasteiger partial charge < -0.3 is 34.1 Å². The molecule has 0 atom stereocenters. The number of nitrogens with one attached hydrogen (secondary N) is 1. The zero-order valence-electron chi connectivity index (χ0n) is 19.5. The molecule has 8 heteroatoms. The molecule has 0 aliphatic carbocycles. The molecule has 0 aromatic carbocycles. The Morgan fingerprint density at radius 3 is 1.59 bits per heavy atom. The highest BCUT2D eigenvalue weighted by Gasteiger charge is 2.08. The minimum absolute atomic E-state index is 0.0455. The first kappa shape index (κ1) is 30.4. The molecule has 0 spiro atoms. The zero-order chi connectivity index (χ0) is 22.4. The largest absolute Gasteiger partial charge is 0.394 e. The fraction of sp³-hybridized carbons (Fsp3) is 0.952. The number of rotatable bonds is 17. The molecule has 0 rings (SSSR count). The smallest absolute Gasteiger partial charge is 0.216 e. The van der Waals surface area contributed by atoms with E-state index >= 15 is 0 Å². The Kier molecular flexibility index (Phi) is 23.0. The van der Waals surface area contributed by atoms with E-state index < -0.39 is 0 Å². The standard InChI is InChI=1S/C14H30O6.C7H15NO/c1-14(2,3)20-13-12-19-11-10-18-9-8-17-7-6-16-5-4-15;1-6(2)4-5-8-7(3)9/h15H,4-13H2,1-3H3;6H,4-5H2,1-3H3,(H,8,9). The average Bonchev–Trinajstić information content (AvgIpc) is 2.61. The van der Waals surface area contributed by atoms with Crippen LogP contribution in [0.5, 0.6) is 0 Å². The van der Waals surface area contributed by atoms with Gasteiger partial charge in [0, 0.05) is 13.5 Å². The number of carbonyl (C=O) groups is 1. The van der Waals surface area contributed by atoms with Gasteiger partial charge in [-0.25, -0.2) is 0 Å². The van der Waals surface area contributed by atoms with Gasteiger partial charge in [-0.3, -0.25) is 4.79 Å². The van der Waals surface area contributed by atoms with Crippen LogP contribution >= 0.6 is 0 Å². The Bertz CT molecular complexity index is 346. The summed E-state index contributed by atoms with van der Waals surface area (Å²) in [4.78, 5) is 10.3. The molecule has 0 radical (unpaired) electrons. The highest BCUT2D eigenvalue weighted by molar-refractivity contribution is 5.72. The van der Waals surface area contributed by atoms with E-state index in [9.17, 15) is 4.79 Å². The molecule has 8 nitrogen and oxygen atoms in total. The first-order valence-corrected chi connectivity index (χ1v) is 10.5. The first-order valence-electron chi connectivity index (χ1n) is 10.5. The molecule has 2 N–H and O–H groups in total. The molecule has 0 aromatic heterocycles. The van der Waals surface area contributed by atoms with Gasteiger partial charge in [-0.2, -0.15) is 0 Å². The van der Waals surface area contributed by atoms with Crippen LogP contribution in [-0.2, 0) is 28.5 Å². The van der Waals surface area contributed by atoms with Crippen molar-refractivity contribution < 1.29 is 33.6 Å². The number of hydrogen-bond donors (Lipinski definition) is 2. The van der Waals surface area contributed by atoms with Gasteiger partial charge in [0.2, 0.25) is 5.91 Å². The van der Waals surface area contributed by atoms with E-state index in [4.69, 9.17) is 28.8 Å². The van der Waals surface area contributed by atoms with Gasteiger partial charge in [0.15, 0.2) is 0 Å². The predicted molar refractivity (Wildman–Crippen MR) is 114 cm³/mol. The molecule has 0 saturated heterocycles. The lowest BCUT2D eigenvalue weighted by molar-refractivity contribution is -0.118. The van der Waals surface area contributed by atoms with Gasteiger partial charge in [0.05, 0.1) is 71.7 Å². The Morgan fingerprint density at radius 1 is 0.828 bits per heavy atom. The number of ether oxygens (including phenoxy) is 5. The maximum absolute atomic E-state index is 10.3. The summed E-state index contributed by atoms with van der Waals surface area (Å²) < 4.78 is 26.5. The first-order chi connectivity index (χ1) is 13.7. The molecule has 0 unspecified atom stereocenters. The van der Waals surface area contributed by atoms with E-state index in [1.165, 1.54) is 0 Å². The molecule has 29 heavy (non-hydrogen) atoms. The molecular weight excluding hydrogens is 378 g/mol. The van der Waals surface area contributed by atoms with Gasteiger partial charge in [-0.15, -0.1) is 0 Å². The normalized spacial score (nSPS) is 11.3. The second-order valence-electron chi connectivity index (χ2n) is 7.80. The topological polar surface area (TPSA) is 95.5 Å². The van der Waals surface area contributed by atoms with Crippen molar-refractivity contribution in [3.63, 3.8) is 0 Å². The summed E-state index contributed by atoms with van der Waals surface area (Å²) in [5, 5.41) is 11.2. The van der Waals surface area contributed by atoms with Crippen LogP contribution in [0.2, 0.25) is 0 Å². The summed E-state index contributed by atoms with van der Waals surface area (Å²) in [5.41, 5.74) is -0.113. The van der Waals surface area contributed by atoms with Gasteiger partial charge >= 0.3 is 0 Å². The maximum atomic E-state index is 10.3. The number of amides is 1. The van der Waals surface area contributed by atoms with Crippen molar-refractivity contribution in [1.29, 1.82) is 0 Å². The fourth-order valence-corrected chi connectivity index (χ4v) is 1.77. The van der Waals surface area contributed by atoms with E-state index in [2.05, 4.69) is 19.2 Å². The molecule has 0 aliphatic heterocycles. The minimum Gasteiger partial charge on any atom is -0.394 e. The fourth-order valence-electron chi connectivity index (χ4n) is 1.77. The number of carbonyl (C=O) groups excluding carboxylic acids is 1. The van der Waals surface area contributed by atoms with Crippen molar-refractivity contribution in [2.45, 2.75) is 53.6 Å². The van der Waals surface area contributed by atoms with Gasteiger partial charge in [-0.1, -0.05) is 13.8 Å². The summed E-state index contributed by atoms with van der Waals surface area (Å²) in [6, 6.07) is 0. The van der Waals surface area contributed by atoms with Gasteiger partial charge in [0.25, 0.3) is 0 Å². The third-order valence-corrected chi connectivity index (χ3v) is 3.21. The summed E-state index contributed by atoms with van der Waals surface area (Å²) in [6.45, 7) is 17.5. The third kappa shape index (κ3) is 35.1. The third-order valence-electron chi connectivity index (χ3n) is 3.21. The molecule has 176 valence electrons. The Hall–Kier alpha value is -0.770. The van der Waals surface area contributed by atoms with E-state index in [1.807, 2.05) is 20.8 Å². The number of hydrogen-bond acceptors (Lipinski definition) is 7. The minimum atomic E-state index is -0.113. The van der Waals surface area contributed by atoms with E-state index in [1.54, 1.807) is 6.92 Å². The van der Waals surface area contributed by atoms with E-state index in [-0.39, 0.29) is 18.1 Å². The molecule has 0 aliphatic rings. The van der Waals surface area contributed by atoms with Gasteiger partial charge in [0.1, 0.15) is 0 Å². The van der Waals surface area contributed by atoms with Crippen LogP contribution in [0.3, 0.4) is 0 Å². The van der Waals surface area contributed by atoms with Crippen molar-refractivity contribution >= 4 is 5.91 Å². The van der Waals surface area contributed by atoms with Crippen molar-refractivity contribution in [2.24, 2.45) is 5.92 Å². The highest BCUT2D eigenvalue weighted by atomic mass is 16.6. The van der Waals surface area contributed by atoms with Crippen LogP contribution in [0.1, 0.15) is 48.0 Å². The monoisotopic (exact) mass is 423 g/mol. The molecular formula is C21H45NO7. The molecule has 0 bridgehead atoms. The van der Waals surface area contributed by atoms with Crippen LogP contribution in [0.25, 0.3) is 0 Å². The lowest BCUT2D eigenvalue weighted by Gasteiger charge is -2.19. The quantitative estimate of drug-likeness (QED) is 0.346. The molecule has 0 heterocycles. The average molecular weight is 424 g/mol. The maximum Gasteiger partial charge on any atom is 0.216 e. The summed E-state index contributed by atoms with van der Waals surface area (Å²) in [5.74, 6) is 0.743. The highest BCUT2D eigenvalue weighted by Crippen LogP contribution is 2.05. The van der Waals surface area contributed by atoms with Crippen LogP contribution in [0.15, 0.2) is 0 Å². The van der Waals surface area contributed by atoms with Crippen LogP contribution in [0, 0.1) is 5.92 Å². The Labute approximate surface area is 177 Å². The second-order valence-corrected chi connectivity index (χ2v) is 7.80. The zero-order valence-corrected chi connectivity index (χ0v) is 19.5. The predicted octanol–water partition coefficient (Wildman–Crippen LogP) is 2.03. The lowest BCUT2D eigenvalue weighted by atomic mass is 10.1. The molecule has 0 fully saturated rings. The SMILES string of the molecule is CC(=O)NCCC(C)C.CC(C)(C)OCCOCCOCCOCCOCCO. The van der Waals surface area contributed by atoms with Crippen molar-refractivity contribution in [3.05, 3.63) is 0 Å². The summed E-state index contributed by atoms with van der Waals surface area (Å²) in [7, 11) is 0. The van der Waals surface area contributed by atoms with Crippen molar-refractivity contribution in [1.82, 2.24) is 5.32 Å².